The number of aromatic nitrogens is 2. The van der Waals surface area contributed by atoms with Crippen molar-refractivity contribution >= 4 is 11.6 Å². The molecule has 0 saturated heterocycles. The van der Waals surface area contributed by atoms with E-state index in [0.29, 0.717) is 5.82 Å². The van der Waals surface area contributed by atoms with E-state index in [9.17, 15) is 0 Å². The van der Waals surface area contributed by atoms with Crippen LogP contribution in [0, 0.1) is 0 Å². The highest BCUT2D eigenvalue weighted by atomic mass is 16.5. The Morgan fingerprint density at radius 1 is 1.24 bits per heavy atom. The molecule has 0 aliphatic rings. The lowest BCUT2D eigenvalue weighted by molar-refractivity contribution is 0.414. The maximum atomic E-state index is 5.88. The molecule has 1 aromatic carbocycles. The van der Waals surface area contributed by atoms with Crippen LogP contribution in [0.3, 0.4) is 0 Å². The van der Waals surface area contributed by atoms with Crippen LogP contribution < -0.4 is 15.4 Å². The Kier molecular flexibility index (Phi) is 4.62. The van der Waals surface area contributed by atoms with Crippen LogP contribution in [-0.2, 0) is 6.54 Å². The van der Waals surface area contributed by atoms with Gasteiger partial charge in [-0.1, -0.05) is 26.0 Å². The fourth-order valence-electron chi connectivity index (χ4n) is 2.05. The van der Waals surface area contributed by atoms with Crippen molar-refractivity contribution in [3.05, 3.63) is 41.7 Å². The Hall–Kier alpha value is -2.30. The molecular formula is C16H22N4O. The molecule has 5 heteroatoms. The van der Waals surface area contributed by atoms with Gasteiger partial charge >= 0.3 is 0 Å². The predicted molar refractivity (Wildman–Crippen MR) is 85.6 cm³/mol. The van der Waals surface area contributed by atoms with E-state index in [-0.39, 0.29) is 5.92 Å². The van der Waals surface area contributed by atoms with Crippen LogP contribution in [0.25, 0.3) is 0 Å². The van der Waals surface area contributed by atoms with Crippen LogP contribution in [0.1, 0.15) is 31.2 Å². The molecule has 0 radical (unpaired) electrons. The van der Waals surface area contributed by atoms with Gasteiger partial charge < -0.3 is 15.4 Å². The smallest absolute Gasteiger partial charge is 0.135 e. The Morgan fingerprint density at radius 3 is 2.67 bits per heavy atom. The number of benzene rings is 1. The minimum absolute atomic E-state index is 0.248. The minimum atomic E-state index is 0.248. The highest BCUT2D eigenvalue weighted by Crippen LogP contribution is 2.20. The molecule has 2 N–H and O–H groups in total. The van der Waals surface area contributed by atoms with Gasteiger partial charge in [0.15, 0.2) is 0 Å². The summed E-state index contributed by atoms with van der Waals surface area (Å²) in [7, 11) is 3.66. The van der Waals surface area contributed by atoms with Crippen molar-refractivity contribution in [1.29, 1.82) is 0 Å². The summed E-state index contributed by atoms with van der Waals surface area (Å²) < 4.78 is 5.25. The molecule has 2 aromatic rings. The Bertz CT molecular complexity index is 613. The van der Waals surface area contributed by atoms with E-state index in [2.05, 4.69) is 34.8 Å². The van der Waals surface area contributed by atoms with Crippen LogP contribution in [0.5, 0.6) is 5.75 Å². The maximum absolute atomic E-state index is 5.88. The molecule has 0 atom stereocenters. The molecule has 0 saturated carbocycles. The topological polar surface area (TPSA) is 64.3 Å². The van der Waals surface area contributed by atoms with Gasteiger partial charge in [0, 0.05) is 25.6 Å². The number of nitrogens with two attached hydrogens (primary N) is 1. The van der Waals surface area contributed by atoms with Crippen LogP contribution in [0.4, 0.5) is 11.6 Å². The monoisotopic (exact) mass is 286 g/mol. The number of methoxy groups -OCH3 is 1. The number of ether oxygens (including phenoxy) is 1. The molecule has 0 spiro atoms. The number of hydrogen-bond acceptors (Lipinski definition) is 5. The first-order valence-corrected chi connectivity index (χ1v) is 6.98. The van der Waals surface area contributed by atoms with Crippen molar-refractivity contribution in [2.75, 3.05) is 24.8 Å². The lowest BCUT2D eigenvalue weighted by atomic mass is 10.2. The van der Waals surface area contributed by atoms with E-state index in [1.165, 1.54) is 0 Å². The third kappa shape index (κ3) is 3.84. The lowest BCUT2D eigenvalue weighted by Gasteiger charge is -2.20. The molecule has 0 aliphatic heterocycles. The normalized spacial score (nSPS) is 10.7. The molecule has 21 heavy (non-hydrogen) atoms. The van der Waals surface area contributed by atoms with Crippen LogP contribution in [0.2, 0.25) is 0 Å². The summed E-state index contributed by atoms with van der Waals surface area (Å²) >= 11 is 0. The van der Waals surface area contributed by atoms with Crippen molar-refractivity contribution in [2.24, 2.45) is 0 Å². The first-order chi connectivity index (χ1) is 9.99. The molecule has 1 heterocycles. The number of nitrogen functional groups attached to an aromatic ring is 1. The zero-order chi connectivity index (χ0) is 15.4. The fourth-order valence-corrected chi connectivity index (χ4v) is 2.05. The molecule has 0 amide bonds. The SMILES string of the molecule is COc1cccc(CN(C)c2cc(N)nc(C(C)C)n2)c1. The Labute approximate surface area is 125 Å². The van der Waals surface area contributed by atoms with Gasteiger partial charge in [-0.05, 0) is 17.7 Å². The summed E-state index contributed by atoms with van der Waals surface area (Å²) in [5.74, 6) is 3.20. The molecule has 5 nitrogen and oxygen atoms in total. The third-order valence-corrected chi connectivity index (χ3v) is 3.21. The minimum Gasteiger partial charge on any atom is -0.497 e. The summed E-state index contributed by atoms with van der Waals surface area (Å²) in [6.07, 6.45) is 0. The Morgan fingerprint density at radius 2 is 2.00 bits per heavy atom. The lowest BCUT2D eigenvalue weighted by Crippen LogP contribution is -2.19. The van der Waals surface area contributed by atoms with Crippen LogP contribution in [0.15, 0.2) is 30.3 Å². The van der Waals surface area contributed by atoms with Gasteiger partial charge in [0.05, 0.1) is 7.11 Å². The van der Waals surface area contributed by atoms with Crippen LogP contribution >= 0.6 is 0 Å². The number of hydrogen-bond donors (Lipinski definition) is 1. The molecule has 0 fully saturated rings. The molecule has 0 aliphatic carbocycles. The highest BCUT2D eigenvalue weighted by Gasteiger charge is 2.10. The van der Waals surface area contributed by atoms with E-state index < -0.39 is 0 Å². The number of anilines is 2. The molecule has 1 aromatic heterocycles. The van der Waals surface area contributed by atoms with Gasteiger partial charge in [0.2, 0.25) is 0 Å². The first kappa shape index (κ1) is 15.1. The largest absolute Gasteiger partial charge is 0.497 e. The van der Waals surface area contributed by atoms with Crippen molar-refractivity contribution in [1.82, 2.24) is 9.97 Å². The summed E-state index contributed by atoms with van der Waals surface area (Å²) in [4.78, 5) is 10.9. The van der Waals surface area contributed by atoms with Gasteiger partial charge in [0.25, 0.3) is 0 Å². The third-order valence-electron chi connectivity index (χ3n) is 3.21. The second-order valence-electron chi connectivity index (χ2n) is 5.37. The Balaban J connectivity index is 2.21. The number of rotatable bonds is 5. The molecule has 0 bridgehead atoms. The summed E-state index contributed by atoms with van der Waals surface area (Å²) in [5, 5.41) is 0. The zero-order valence-corrected chi connectivity index (χ0v) is 13.0. The van der Waals surface area contributed by atoms with Crippen molar-refractivity contribution in [3.63, 3.8) is 0 Å². The molecule has 112 valence electrons. The second kappa shape index (κ2) is 6.43. The summed E-state index contributed by atoms with van der Waals surface area (Å²) in [6.45, 7) is 4.84. The van der Waals surface area contributed by atoms with Gasteiger partial charge in [-0.25, -0.2) is 9.97 Å². The first-order valence-electron chi connectivity index (χ1n) is 6.98. The van der Waals surface area contributed by atoms with Crippen molar-refractivity contribution in [3.8, 4) is 5.75 Å². The molecular weight excluding hydrogens is 264 g/mol. The summed E-state index contributed by atoms with van der Waals surface area (Å²) in [6, 6.07) is 9.79. The fraction of sp³-hybridized carbons (Fsp3) is 0.375. The van der Waals surface area contributed by atoms with Gasteiger partial charge in [-0.3, -0.25) is 0 Å². The van der Waals surface area contributed by atoms with Crippen LogP contribution in [-0.4, -0.2) is 24.1 Å². The van der Waals surface area contributed by atoms with E-state index in [4.69, 9.17) is 10.5 Å². The van der Waals surface area contributed by atoms with E-state index in [1.54, 1.807) is 13.2 Å². The molecule has 2 rings (SSSR count). The van der Waals surface area contributed by atoms with Gasteiger partial charge in [0.1, 0.15) is 23.2 Å². The van der Waals surface area contributed by atoms with Crippen molar-refractivity contribution < 1.29 is 4.74 Å². The van der Waals surface area contributed by atoms with Crippen molar-refractivity contribution in [2.45, 2.75) is 26.3 Å². The average Bonchev–Trinajstić information content (AvgIpc) is 2.46. The maximum Gasteiger partial charge on any atom is 0.135 e. The quantitative estimate of drug-likeness (QED) is 0.915. The van der Waals surface area contributed by atoms with E-state index in [1.807, 2.05) is 25.2 Å². The standard InChI is InChI=1S/C16H22N4O/c1-11(2)16-18-14(17)9-15(19-16)20(3)10-12-6-5-7-13(8-12)21-4/h5-9,11H,10H2,1-4H3,(H2,17,18,19). The van der Waals surface area contributed by atoms with Gasteiger partial charge in [-0.15, -0.1) is 0 Å². The number of nitrogens with zero attached hydrogens (tertiary/aromatic N) is 3. The zero-order valence-electron chi connectivity index (χ0n) is 13.0. The second-order valence-corrected chi connectivity index (χ2v) is 5.37. The van der Waals surface area contributed by atoms with E-state index >= 15 is 0 Å². The van der Waals surface area contributed by atoms with E-state index in [0.717, 1.165) is 29.5 Å². The highest BCUT2D eigenvalue weighted by molar-refractivity contribution is 5.47. The van der Waals surface area contributed by atoms with Gasteiger partial charge in [-0.2, -0.15) is 0 Å². The predicted octanol–water partition coefficient (Wildman–Crippen LogP) is 2.83. The average molecular weight is 286 g/mol. The molecule has 0 unspecified atom stereocenters. The summed E-state index contributed by atoms with van der Waals surface area (Å²) in [5.41, 5.74) is 7.03.